The predicted octanol–water partition coefficient (Wildman–Crippen LogP) is -0.352. The van der Waals surface area contributed by atoms with Gasteiger partial charge in [-0.1, -0.05) is 0 Å². The van der Waals surface area contributed by atoms with Gasteiger partial charge in [0.1, 0.15) is 0 Å². The van der Waals surface area contributed by atoms with E-state index >= 15 is 0 Å². The zero-order chi connectivity index (χ0) is 7.98. The second-order valence-electron chi connectivity index (χ2n) is 2.82. The van der Waals surface area contributed by atoms with E-state index in [9.17, 15) is 5.11 Å². The molecule has 0 saturated heterocycles. The molecule has 0 rings (SSSR count). The summed E-state index contributed by atoms with van der Waals surface area (Å²) < 4.78 is 0. The molecule has 0 aliphatic heterocycles. The van der Waals surface area contributed by atoms with Crippen molar-refractivity contribution in [3.8, 4) is 0 Å². The normalized spacial score (nSPS) is 14.1. The van der Waals surface area contributed by atoms with Crippen LogP contribution in [0.4, 0.5) is 0 Å². The molecule has 1 unspecified atom stereocenters. The average molecular weight is 146 g/mol. The highest BCUT2D eigenvalue weighted by molar-refractivity contribution is 4.57. The molecule has 0 spiro atoms. The zero-order valence-corrected chi connectivity index (χ0v) is 6.88. The summed E-state index contributed by atoms with van der Waals surface area (Å²) in [6.45, 7) is 1.51. The van der Waals surface area contributed by atoms with E-state index < -0.39 is 0 Å². The van der Waals surface area contributed by atoms with Gasteiger partial charge in [0.2, 0.25) is 0 Å². The Bertz CT molecular complexity index is 76.0. The molecule has 0 fully saturated rings. The monoisotopic (exact) mass is 146 g/mol. The van der Waals surface area contributed by atoms with Gasteiger partial charge in [0, 0.05) is 0 Å². The summed E-state index contributed by atoms with van der Waals surface area (Å²) in [5.74, 6) is 0. The van der Waals surface area contributed by atoms with E-state index in [1.54, 1.807) is 0 Å². The third-order valence-electron chi connectivity index (χ3n) is 1.41. The van der Waals surface area contributed by atoms with Crippen LogP contribution in [0.25, 0.3) is 0 Å². The molecule has 0 amide bonds. The molecular weight excluding hydrogens is 128 g/mol. The van der Waals surface area contributed by atoms with Crippen molar-refractivity contribution in [3.05, 3.63) is 0 Å². The summed E-state index contributed by atoms with van der Waals surface area (Å²) in [7, 11) is 3.99. The molecule has 0 saturated carbocycles. The van der Waals surface area contributed by atoms with E-state index in [0.717, 1.165) is 13.0 Å². The number of rotatable bonds is 5. The number of aliphatic hydroxyl groups is 1. The van der Waals surface area contributed by atoms with Crippen molar-refractivity contribution < 1.29 is 5.11 Å². The molecule has 0 aromatic carbocycles. The van der Waals surface area contributed by atoms with E-state index in [0.29, 0.717) is 13.0 Å². The third-order valence-corrected chi connectivity index (χ3v) is 1.41. The van der Waals surface area contributed by atoms with Gasteiger partial charge in [0.25, 0.3) is 0 Å². The summed E-state index contributed by atoms with van der Waals surface area (Å²) >= 11 is 0. The largest absolute Gasteiger partial charge is 0.393 e. The van der Waals surface area contributed by atoms with Crippen molar-refractivity contribution in [1.82, 2.24) is 4.90 Å². The molecule has 62 valence electrons. The zero-order valence-electron chi connectivity index (χ0n) is 6.88. The Kier molecular flexibility index (Phi) is 5.58. The average Bonchev–Trinajstić information content (AvgIpc) is 1.85. The maximum absolute atomic E-state index is 9.19. The van der Waals surface area contributed by atoms with Gasteiger partial charge < -0.3 is 15.7 Å². The molecule has 0 aliphatic carbocycles. The minimum Gasteiger partial charge on any atom is -0.393 e. The molecule has 3 N–H and O–H groups in total. The Morgan fingerprint density at radius 2 is 2.00 bits per heavy atom. The minimum atomic E-state index is -0.215. The summed E-state index contributed by atoms with van der Waals surface area (Å²) in [6, 6.07) is 0. The van der Waals surface area contributed by atoms with Crippen LogP contribution in [0.5, 0.6) is 0 Å². The van der Waals surface area contributed by atoms with Gasteiger partial charge in [-0.15, -0.1) is 0 Å². The van der Waals surface area contributed by atoms with E-state index in [-0.39, 0.29) is 6.10 Å². The lowest BCUT2D eigenvalue weighted by Crippen LogP contribution is -2.21. The number of hydrogen-bond acceptors (Lipinski definition) is 3. The molecule has 0 bridgehead atoms. The van der Waals surface area contributed by atoms with Gasteiger partial charge >= 0.3 is 0 Å². The van der Waals surface area contributed by atoms with Gasteiger partial charge in [-0.3, -0.25) is 0 Å². The van der Waals surface area contributed by atoms with Crippen molar-refractivity contribution in [3.63, 3.8) is 0 Å². The van der Waals surface area contributed by atoms with Gasteiger partial charge in [-0.2, -0.15) is 0 Å². The van der Waals surface area contributed by atoms with Crippen LogP contribution >= 0.6 is 0 Å². The van der Waals surface area contributed by atoms with Gasteiger partial charge in [0.15, 0.2) is 0 Å². The SMILES string of the molecule is CN(C)CCC(O)CCN. The first kappa shape index (κ1) is 9.88. The van der Waals surface area contributed by atoms with Crippen LogP contribution < -0.4 is 5.73 Å². The highest BCUT2D eigenvalue weighted by Gasteiger charge is 2.01. The quantitative estimate of drug-likeness (QED) is 0.557. The number of nitrogens with zero attached hydrogens (tertiary/aromatic N) is 1. The van der Waals surface area contributed by atoms with Crippen LogP contribution in [0.2, 0.25) is 0 Å². The van der Waals surface area contributed by atoms with E-state index in [1.165, 1.54) is 0 Å². The van der Waals surface area contributed by atoms with E-state index in [1.807, 2.05) is 14.1 Å². The van der Waals surface area contributed by atoms with Crippen LogP contribution in [-0.4, -0.2) is 43.3 Å². The molecule has 10 heavy (non-hydrogen) atoms. The van der Waals surface area contributed by atoms with Crippen LogP contribution in [-0.2, 0) is 0 Å². The molecule has 0 aromatic rings. The van der Waals surface area contributed by atoms with Gasteiger partial charge in [0.05, 0.1) is 6.10 Å². The van der Waals surface area contributed by atoms with Crippen LogP contribution in [0.3, 0.4) is 0 Å². The smallest absolute Gasteiger partial charge is 0.0564 e. The van der Waals surface area contributed by atoms with Crippen LogP contribution in [0, 0.1) is 0 Å². The fraction of sp³-hybridized carbons (Fsp3) is 1.00. The number of nitrogens with two attached hydrogens (primary N) is 1. The van der Waals surface area contributed by atoms with Crippen LogP contribution in [0.1, 0.15) is 12.8 Å². The Morgan fingerprint density at radius 3 is 2.40 bits per heavy atom. The molecular formula is C7H18N2O. The van der Waals surface area contributed by atoms with Crippen molar-refractivity contribution >= 4 is 0 Å². The van der Waals surface area contributed by atoms with Crippen molar-refractivity contribution in [2.24, 2.45) is 5.73 Å². The molecule has 0 radical (unpaired) electrons. The Balaban J connectivity index is 3.12. The molecule has 1 atom stereocenters. The standard InChI is InChI=1S/C7H18N2O/c1-9(2)6-4-7(10)3-5-8/h7,10H,3-6,8H2,1-2H3. The van der Waals surface area contributed by atoms with E-state index in [4.69, 9.17) is 5.73 Å². The fourth-order valence-electron chi connectivity index (χ4n) is 0.744. The maximum Gasteiger partial charge on any atom is 0.0564 e. The van der Waals surface area contributed by atoms with Crippen molar-refractivity contribution in [2.75, 3.05) is 27.2 Å². The summed E-state index contributed by atoms with van der Waals surface area (Å²) in [5, 5.41) is 9.19. The van der Waals surface area contributed by atoms with E-state index in [2.05, 4.69) is 4.90 Å². The fourth-order valence-corrected chi connectivity index (χ4v) is 0.744. The Hall–Kier alpha value is -0.120. The number of aliphatic hydroxyl groups excluding tert-OH is 1. The first-order chi connectivity index (χ1) is 4.66. The summed E-state index contributed by atoms with van der Waals surface area (Å²) in [4.78, 5) is 2.06. The molecule has 3 heteroatoms. The summed E-state index contributed by atoms with van der Waals surface area (Å²) in [6.07, 6.45) is 1.32. The maximum atomic E-state index is 9.19. The molecule has 0 aliphatic rings. The molecule has 3 nitrogen and oxygen atoms in total. The lowest BCUT2D eigenvalue weighted by Gasteiger charge is -2.12. The highest BCUT2D eigenvalue weighted by Crippen LogP contribution is 1.96. The second-order valence-corrected chi connectivity index (χ2v) is 2.82. The van der Waals surface area contributed by atoms with Crippen LogP contribution in [0.15, 0.2) is 0 Å². The number of hydrogen-bond donors (Lipinski definition) is 2. The Morgan fingerprint density at radius 1 is 1.40 bits per heavy atom. The topological polar surface area (TPSA) is 49.5 Å². The highest BCUT2D eigenvalue weighted by atomic mass is 16.3. The van der Waals surface area contributed by atoms with Crippen molar-refractivity contribution in [2.45, 2.75) is 18.9 Å². The first-order valence-corrected chi connectivity index (χ1v) is 3.69. The third kappa shape index (κ3) is 6.01. The van der Waals surface area contributed by atoms with Gasteiger partial charge in [-0.25, -0.2) is 0 Å². The van der Waals surface area contributed by atoms with Crippen molar-refractivity contribution in [1.29, 1.82) is 0 Å². The molecule has 0 aromatic heterocycles. The molecule has 0 heterocycles. The lowest BCUT2D eigenvalue weighted by molar-refractivity contribution is 0.145. The first-order valence-electron chi connectivity index (χ1n) is 3.69. The minimum absolute atomic E-state index is 0.215. The Labute approximate surface area is 62.8 Å². The predicted molar refractivity (Wildman–Crippen MR) is 42.8 cm³/mol. The lowest BCUT2D eigenvalue weighted by atomic mass is 10.2. The second kappa shape index (κ2) is 5.65. The van der Waals surface area contributed by atoms with Gasteiger partial charge in [-0.05, 0) is 40.0 Å². The summed E-state index contributed by atoms with van der Waals surface area (Å²) in [5.41, 5.74) is 5.26.